The normalized spacial score (nSPS) is 8.00. The van der Waals surface area contributed by atoms with Crippen LogP contribution in [0, 0.1) is 0 Å². The molecule has 28 heavy (non-hydrogen) atoms. The average molecular weight is 389 g/mol. The van der Waals surface area contributed by atoms with E-state index < -0.39 is 0 Å². The SMILES string of the molecule is c1ccccc1.c1ccccc1.c1ccncc1.c1ccsc1.c1cnoc1. The standard InChI is InChI=1S/2C6H6.C5H5N.C4H4S.C3H3NO/c3*1-2-4-6-5-3-1;2*1-2-4-5-3-1/h2*1-6H;1-5H;1-4H;1-3H. The third-order valence-electron chi connectivity index (χ3n) is 2.67. The van der Waals surface area contributed by atoms with Crippen molar-refractivity contribution < 1.29 is 4.52 Å². The van der Waals surface area contributed by atoms with Crippen LogP contribution in [0.15, 0.2) is 149 Å². The lowest BCUT2D eigenvalue weighted by atomic mass is 10.4. The third-order valence-corrected chi connectivity index (χ3v) is 3.30. The number of rotatable bonds is 0. The summed E-state index contributed by atoms with van der Waals surface area (Å²) in [6, 6.07) is 35.5. The molecule has 0 amide bonds. The lowest BCUT2D eigenvalue weighted by molar-refractivity contribution is 0.420. The van der Waals surface area contributed by atoms with Gasteiger partial charge >= 0.3 is 0 Å². The van der Waals surface area contributed by atoms with Gasteiger partial charge < -0.3 is 4.52 Å². The summed E-state index contributed by atoms with van der Waals surface area (Å²) in [5.74, 6) is 0. The molecule has 142 valence electrons. The number of hydrogen-bond acceptors (Lipinski definition) is 4. The second-order valence-electron chi connectivity index (χ2n) is 4.82. The molecule has 0 fully saturated rings. The predicted octanol–water partition coefficient (Wildman–Crippen LogP) is 6.88. The molecule has 0 atom stereocenters. The Kier molecular flexibility index (Phi) is 16.0. The molecule has 0 N–H and O–H groups in total. The van der Waals surface area contributed by atoms with Crippen molar-refractivity contribution in [3.05, 3.63) is 145 Å². The van der Waals surface area contributed by atoms with Crippen LogP contribution in [-0.4, -0.2) is 10.1 Å². The molecule has 5 aromatic rings. The summed E-state index contributed by atoms with van der Waals surface area (Å²) in [6.07, 6.45) is 6.60. The van der Waals surface area contributed by atoms with E-state index in [0.29, 0.717) is 0 Å². The zero-order chi connectivity index (χ0) is 19.8. The molecule has 0 saturated heterocycles. The molecule has 0 aliphatic heterocycles. The Morgan fingerprint density at radius 2 is 0.857 bits per heavy atom. The van der Waals surface area contributed by atoms with Crippen LogP contribution in [0.1, 0.15) is 0 Å². The molecular weight excluding hydrogens is 364 g/mol. The van der Waals surface area contributed by atoms with E-state index in [-0.39, 0.29) is 0 Å². The van der Waals surface area contributed by atoms with Gasteiger partial charge in [-0.3, -0.25) is 4.98 Å². The average Bonchev–Trinajstić information content (AvgIpc) is 3.58. The number of nitrogens with zero attached hydrogens (tertiary/aromatic N) is 2. The van der Waals surface area contributed by atoms with Crippen LogP contribution in [-0.2, 0) is 0 Å². The van der Waals surface area contributed by atoms with E-state index in [1.165, 1.54) is 6.26 Å². The predicted molar refractivity (Wildman–Crippen MR) is 118 cm³/mol. The van der Waals surface area contributed by atoms with E-state index in [4.69, 9.17) is 0 Å². The van der Waals surface area contributed by atoms with Gasteiger partial charge in [0.15, 0.2) is 0 Å². The fourth-order valence-electron chi connectivity index (χ4n) is 1.48. The summed E-state index contributed by atoms with van der Waals surface area (Å²) in [5.41, 5.74) is 0. The van der Waals surface area contributed by atoms with Crippen molar-refractivity contribution in [3.8, 4) is 0 Å². The molecular formula is C24H24N2OS. The number of thiophene rings is 1. The fourth-order valence-corrected chi connectivity index (χ4v) is 1.94. The molecule has 5 rings (SSSR count). The lowest BCUT2D eigenvalue weighted by Crippen LogP contribution is -1.58. The van der Waals surface area contributed by atoms with E-state index in [9.17, 15) is 0 Å². The monoisotopic (exact) mass is 388 g/mol. The molecule has 0 unspecified atom stereocenters. The van der Waals surface area contributed by atoms with E-state index in [1.54, 1.807) is 36.0 Å². The van der Waals surface area contributed by atoms with Crippen LogP contribution < -0.4 is 0 Å². The van der Waals surface area contributed by atoms with Crippen LogP contribution in [0.25, 0.3) is 0 Å². The number of pyridine rings is 1. The first-order valence-electron chi connectivity index (χ1n) is 8.66. The summed E-state index contributed by atoms with van der Waals surface area (Å²) >= 11 is 1.71. The summed E-state index contributed by atoms with van der Waals surface area (Å²) in [5, 5.41) is 7.43. The van der Waals surface area contributed by atoms with Gasteiger partial charge in [-0.05, 0) is 29.0 Å². The highest BCUT2D eigenvalue weighted by molar-refractivity contribution is 7.07. The van der Waals surface area contributed by atoms with Crippen molar-refractivity contribution in [2.24, 2.45) is 0 Å². The second kappa shape index (κ2) is 19.8. The Hall–Kier alpha value is -3.50. The number of benzene rings is 2. The molecule has 0 saturated carbocycles. The molecule has 3 heterocycles. The summed E-state index contributed by atoms with van der Waals surface area (Å²) in [4.78, 5) is 3.78. The van der Waals surface area contributed by atoms with Gasteiger partial charge in [-0.15, -0.1) is 0 Å². The first-order chi connectivity index (χ1) is 14.0. The van der Waals surface area contributed by atoms with Crippen LogP contribution in [0.4, 0.5) is 0 Å². The molecule has 0 aliphatic carbocycles. The Balaban J connectivity index is 0.000000175. The van der Waals surface area contributed by atoms with Gasteiger partial charge in [-0.25, -0.2) is 0 Å². The Labute approximate surface area is 171 Å². The van der Waals surface area contributed by atoms with Gasteiger partial charge in [0, 0.05) is 12.4 Å². The minimum atomic E-state index is 1.51. The zero-order valence-corrected chi connectivity index (χ0v) is 16.4. The number of hydrogen-bond donors (Lipinski definition) is 0. The fraction of sp³-hybridized carbons (Fsp3) is 0. The first kappa shape index (κ1) is 22.5. The van der Waals surface area contributed by atoms with E-state index in [2.05, 4.69) is 14.7 Å². The molecule has 3 nitrogen and oxygen atoms in total. The molecule has 0 bridgehead atoms. The summed E-state index contributed by atoms with van der Waals surface area (Å²) in [6.45, 7) is 0. The molecule has 0 spiro atoms. The van der Waals surface area contributed by atoms with Crippen molar-refractivity contribution in [1.82, 2.24) is 10.1 Å². The topological polar surface area (TPSA) is 38.9 Å². The minimum Gasteiger partial charge on any atom is -0.365 e. The Morgan fingerprint density at radius 1 is 0.429 bits per heavy atom. The summed E-state index contributed by atoms with van der Waals surface area (Å²) in [7, 11) is 0. The van der Waals surface area contributed by atoms with Crippen molar-refractivity contribution in [1.29, 1.82) is 0 Å². The molecule has 0 aliphatic rings. The van der Waals surface area contributed by atoms with Crippen LogP contribution >= 0.6 is 11.3 Å². The van der Waals surface area contributed by atoms with Gasteiger partial charge in [0.1, 0.15) is 6.26 Å². The maximum Gasteiger partial charge on any atom is 0.123 e. The lowest BCUT2D eigenvalue weighted by Gasteiger charge is -1.70. The van der Waals surface area contributed by atoms with Crippen molar-refractivity contribution >= 4 is 11.3 Å². The van der Waals surface area contributed by atoms with Crippen molar-refractivity contribution in [3.63, 3.8) is 0 Å². The quantitative estimate of drug-likeness (QED) is 0.290. The van der Waals surface area contributed by atoms with Gasteiger partial charge in [0.2, 0.25) is 0 Å². The number of aromatic nitrogens is 2. The second-order valence-corrected chi connectivity index (χ2v) is 5.63. The van der Waals surface area contributed by atoms with E-state index in [0.717, 1.165) is 0 Å². The summed E-state index contributed by atoms with van der Waals surface area (Å²) < 4.78 is 4.33. The van der Waals surface area contributed by atoms with Crippen molar-refractivity contribution in [2.75, 3.05) is 0 Å². The molecule has 4 heteroatoms. The van der Waals surface area contributed by atoms with Gasteiger partial charge in [0.05, 0.1) is 6.20 Å². The Bertz CT molecular complexity index is 591. The molecule has 3 aromatic heterocycles. The van der Waals surface area contributed by atoms with Crippen molar-refractivity contribution in [2.45, 2.75) is 0 Å². The maximum atomic E-state index is 4.33. The first-order valence-corrected chi connectivity index (χ1v) is 9.61. The van der Waals surface area contributed by atoms with Crippen LogP contribution in [0.2, 0.25) is 0 Å². The van der Waals surface area contributed by atoms with Gasteiger partial charge in [-0.1, -0.05) is 96.2 Å². The van der Waals surface area contributed by atoms with Crippen LogP contribution in [0.5, 0.6) is 0 Å². The van der Waals surface area contributed by atoms with Crippen LogP contribution in [0.3, 0.4) is 0 Å². The minimum absolute atomic E-state index is 1.51. The highest BCUT2D eigenvalue weighted by Crippen LogP contribution is 1.91. The molecule has 2 aromatic carbocycles. The third kappa shape index (κ3) is 17.3. The van der Waals surface area contributed by atoms with Gasteiger partial charge in [-0.2, -0.15) is 11.3 Å². The smallest absolute Gasteiger partial charge is 0.123 e. The Morgan fingerprint density at radius 3 is 1.00 bits per heavy atom. The maximum absolute atomic E-state index is 4.33. The zero-order valence-electron chi connectivity index (χ0n) is 15.6. The van der Waals surface area contributed by atoms with E-state index >= 15 is 0 Å². The highest BCUT2D eigenvalue weighted by atomic mass is 32.1. The largest absolute Gasteiger partial charge is 0.365 e. The van der Waals surface area contributed by atoms with Gasteiger partial charge in [0.25, 0.3) is 0 Å². The highest BCUT2D eigenvalue weighted by Gasteiger charge is 1.61. The molecule has 0 radical (unpaired) electrons. The van der Waals surface area contributed by atoms with E-state index in [1.807, 2.05) is 114 Å².